The number of aromatic nitrogens is 4. The number of nitrogens with zero attached hydrogens (tertiary/aromatic N) is 5. The predicted molar refractivity (Wildman–Crippen MR) is 90.9 cm³/mol. The molecule has 1 atom stereocenters. The summed E-state index contributed by atoms with van der Waals surface area (Å²) in [5.74, 6) is 1.03. The highest BCUT2D eigenvalue weighted by Gasteiger charge is 2.11. The zero-order valence-electron chi connectivity index (χ0n) is 13.1. The molecule has 2 aromatic carbocycles. The van der Waals surface area contributed by atoms with Gasteiger partial charge in [-0.3, -0.25) is 0 Å². The quantitative estimate of drug-likeness (QED) is 0.728. The molecule has 3 rings (SSSR count). The molecular formula is C17H14ClN5O2. The summed E-state index contributed by atoms with van der Waals surface area (Å²) in [6, 6.07) is 15.8. The van der Waals surface area contributed by atoms with Crippen molar-refractivity contribution in [2.75, 3.05) is 6.61 Å². The minimum absolute atomic E-state index is 0.0731. The van der Waals surface area contributed by atoms with Crippen LogP contribution in [0.2, 0.25) is 5.02 Å². The molecule has 126 valence electrons. The van der Waals surface area contributed by atoms with E-state index in [4.69, 9.17) is 21.6 Å². The van der Waals surface area contributed by atoms with Gasteiger partial charge in [-0.2, -0.15) is 10.1 Å². The molecule has 0 saturated heterocycles. The highest BCUT2D eigenvalue weighted by atomic mass is 35.5. The van der Waals surface area contributed by atoms with Crippen LogP contribution in [0.15, 0.2) is 48.5 Å². The molecule has 0 aliphatic heterocycles. The summed E-state index contributed by atoms with van der Waals surface area (Å²) >= 11 is 5.85. The van der Waals surface area contributed by atoms with Gasteiger partial charge in [-0.15, -0.1) is 10.2 Å². The van der Waals surface area contributed by atoms with Gasteiger partial charge in [0.2, 0.25) is 5.82 Å². The second-order valence-corrected chi connectivity index (χ2v) is 5.71. The monoisotopic (exact) mass is 355 g/mol. The fourth-order valence-electron chi connectivity index (χ4n) is 2.09. The van der Waals surface area contributed by atoms with Crippen molar-refractivity contribution >= 4 is 11.6 Å². The molecule has 0 aliphatic carbocycles. The molecule has 0 radical (unpaired) electrons. The topological polar surface area (TPSA) is 96.8 Å². The summed E-state index contributed by atoms with van der Waals surface area (Å²) in [6.07, 6.45) is -0.803. The first-order chi connectivity index (χ1) is 12.1. The van der Waals surface area contributed by atoms with Gasteiger partial charge < -0.3 is 9.84 Å². The van der Waals surface area contributed by atoms with Gasteiger partial charge in [0.25, 0.3) is 0 Å². The van der Waals surface area contributed by atoms with E-state index in [0.717, 1.165) is 5.56 Å². The number of nitriles is 1. The Hall–Kier alpha value is -2.95. The third-order valence-corrected chi connectivity index (χ3v) is 3.61. The van der Waals surface area contributed by atoms with E-state index in [1.807, 2.05) is 6.07 Å². The van der Waals surface area contributed by atoms with Gasteiger partial charge in [0.05, 0.1) is 18.2 Å². The van der Waals surface area contributed by atoms with Crippen LogP contribution >= 0.6 is 11.6 Å². The van der Waals surface area contributed by atoms with E-state index in [0.29, 0.717) is 22.2 Å². The van der Waals surface area contributed by atoms with E-state index >= 15 is 0 Å². The van der Waals surface area contributed by atoms with Crippen LogP contribution in [-0.4, -0.2) is 38.0 Å². The van der Waals surface area contributed by atoms with Crippen LogP contribution in [0.25, 0.3) is 11.4 Å². The van der Waals surface area contributed by atoms with E-state index in [1.165, 1.54) is 4.80 Å². The van der Waals surface area contributed by atoms with Crippen LogP contribution in [0, 0.1) is 11.3 Å². The predicted octanol–water partition coefficient (Wildman–Crippen LogP) is 2.31. The molecule has 1 aromatic heterocycles. The zero-order chi connectivity index (χ0) is 17.6. The Labute approximate surface area is 149 Å². The molecule has 8 heteroatoms. The fourth-order valence-corrected chi connectivity index (χ4v) is 2.22. The summed E-state index contributed by atoms with van der Waals surface area (Å²) < 4.78 is 5.48. The Bertz CT molecular complexity index is 871. The van der Waals surface area contributed by atoms with Crippen LogP contribution in [0.5, 0.6) is 5.75 Å². The molecule has 1 N–H and O–H groups in total. The number of ether oxygens (including phenoxy) is 1. The molecule has 1 unspecified atom stereocenters. The number of aliphatic hydroxyl groups is 1. The minimum Gasteiger partial charge on any atom is -0.491 e. The Balaban J connectivity index is 1.55. The molecule has 0 amide bonds. The summed E-state index contributed by atoms with van der Waals surface area (Å²) in [5.41, 5.74) is 1.34. The average Bonchev–Trinajstić information content (AvgIpc) is 3.09. The Morgan fingerprint density at radius 2 is 1.88 bits per heavy atom. The van der Waals surface area contributed by atoms with Gasteiger partial charge in [-0.1, -0.05) is 11.6 Å². The summed E-state index contributed by atoms with van der Waals surface area (Å²) in [6.45, 7) is 0.223. The van der Waals surface area contributed by atoms with Crippen molar-refractivity contribution in [3.8, 4) is 23.2 Å². The van der Waals surface area contributed by atoms with E-state index in [2.05, 4.69) is 15.4 Å². The number of hydrogen-bond donors (Lipinski definition) is 1. The maximum Gasteiger partial charge on any atom is 0.204 e. The summed E-state index contributed by atoms with van der Waals surface area (Å²) in [5, 5.41) is 31.6. The lowest BCUT2D eigenvalue weighted by atomic mass is 10.2. The smallest absolute Gasteiger partial charge is 0.204 e. The van der Waals surface area contributed by atoms with Crippen LogP contribution in [-0.2, 0) is 6.54 Å². The van der Waals surface area contributed by atoms with Gasteiger partial charge in [-0.05, 0) is 53.7 Å². The SMILES string of the molecule is N#Cc1ccc(OCC(O)Cn2nnc(-c3ccc(Cl)cc3)n2)cc1. The molecule has 7 nitrogen and oxygen atoms in total. The van der Waals surface area contributed by atoms with E-state index in [1.54, 1.807) is 48.5 Å². The molecule has 0 bridgehead atoms. The molecule has 25 heavy (non-hydrogen) atoms. The Morgan fingerprint density at radius 3 is 2.56 bits per heavy atom. The lowest BCUT2D eigenvalue weighted by Crippen LogP contribution is -2.24. The molecule has 3 aromatic rings. The van der Waals surface area contributed by atoms with E-state index in [-0.39, 0.29) is 13.2 Å². The standard InChI is InChI=1S/C17H14ClN5O2/c18-14-5-3-13(4-6-14)17-20-22-23(21-17)10-15(24)11-25-16-7-1-12(9-19)2-8-16/h1-8,15,24H,10-11H2. The third-order valence-electron chi connectivity index (χ3n) is 3.36. The number of halogens is 1. The number of tetrazole rings is 1. The number of rotatable bonds is 6. The van der Waals surface area contributed by atoms with E-state index < -0.39 is 6.10 Å². The van der Waals surface area contributed by atoms with Crippen LogP contribution in [0.1, 0.15) is 5.56 Å². The number of benzene rings is 2. The van der Waals surface area contributed by atoms with Crippen molar-refractivity contribution in [3.05, 3.63) is 59.1 Å². The zero-order valence-corrected chi connectivity index (χ0v) is 13.8. The first kappa shape index (κ1) is 16.9. The van der Waals surface area contributed by atoms with Gasteiger partial charge in [0, 0.05) is 10.6 Å². The Morgan fingerprint density at radius 1 is 1.16 bits per heavy atom. The van der Waals surface area contributed by atoms with Gasteiger partial charge in [0.1, 0.15) is 18.5 Å². The molecule has 1 heterocycles. The highest BCUT2D eigenvalue weighted by molar-refractivity contribution is 6.30. The largest absolute Gasteiger partial charge is 0.491 e. The van der Waals surface area contributed by atoms with Crippen molar-refractivity contribution in [1.29, 1.82) is 5.26 Å². The van der Waals surface area contributed by atoms with E-state index in [9.17, 15) is 5.11 Å². The first-order valence-electron chi connectivity index (χ1n) is 7.49. The van der Waals surface area contributed by atoms with Crippen molar-refractivity contribution in [2.45, 2.75) is 12.6 Å². The minimum atomic E-state index is -0.803. The van der Waals surface area contributed by atoms with Crippen LogP contribution in [0.3, 0.4) is 0 Å². The van der Waals surface area contributed by atoms with Crippen molar-refractivity contribution in [2.24, 2.45) is 0 Å². The molecular weight excluding hydrogens is 342 g/mol. The second-order valence-electron chi connectivity index (χ2n) is 5.28. The van der Waals surface area contributed by atoms with Crippen molar-refractivity contribution in [3.63, 3.8) is 0 Å². The summed E-state index contributed by atoms with van der Waals surface area (Å²) in [7, 11) is 0. The first-order valence-corrected chi connectivity index (χ1v) is 7.86. The molecule has 0 saturated carbocycles. The maximum absolute atomic E-state index is 10.1. The molecule has 0 aliphatic rings. The summed E-state index contributed by atoms with van der Waals surface area (Å²) in [4.78, 5) is 1.32. The second kappa shape index (κ2) is 7.75. The molecule has 0 fully saturated rings. The lowest BCUT2D eigenvalue weighted by Gasteiger charge is -2.11. The molecule has 0 spiro atoms. The fraction of sp³-hybridized carbons (Fsp3) is 0.176. The Kier molecular flexibility index (Phi) is 5.23. The van der Waals surface area contributed by atoms with Crippen molar-refractivity contribution in [1.82, 2.24) is 20.2 Å². The number of hydrogen-bond acceptors (Lipinski definition) is 6. The number of aliphatic hydroxyl groups excluding tert-OH is 1. The normalized spacial score (nSPS) is 11.7. The third kappa shape index (κ3) is 4.53. The van der Waals surface area contributed by atoms with Crippen LogP contribution in [0.4, 0.5) is 0 Å². The lowest BCUT2D eigenvalue weighted by molar-refractivity contribution is 0.0850. The van der Waals surface area contributed by atoms with Gasteiger partial charge in [0.15, 0.2) is 0 Å². The maximum atomic E-state index is 10.1. The average molecular weight is 356 g/mol. The van der Waals surface area contributed by atoms with Gasteiger partial charge in [-0.25, -0.2) is 0 Å². The highest BCUT2D eigenvalue weighted by Crippen LogP contribution is 2.17. The van der Waals surface area contributed by atoms with Gasteiger partial charge >= 0.3 is 0 Å². The van der Waals surface area contributed by atoms with Crippen LogP contribution < -0.4 is 4.74 Å². The van der Waals surface area contributed by atoms with Crippen molar-refractivity contribution < 1.29 is 9.84 Å².